The number of rotatable bonds is 7. The molecule has 0 aromatic heterocycles. The lowest BCUT2D eigenvalue weighted by Gasteiger charge is -2.11. The number of sulfone groups is 1. The molecule has 0 aliphatic rings. The molecule has 0 aliphatic heterocycles. The lowest BCUT2D eigenvalue weighted by Crippen LogP contribution is -2.38. The maximum atomic E-state index is 13.5. The average Bonchev–Trinajstić information content (AvgIpc) is 2.41. The van der Waals surface area contributed by atoms with Crippen molar-refractivity contribution in [3.8, 4) is 0 Å². The third-order valence-electron chi connectivity index (χ3n) is 2.69. The summed E-state index contributed by atoms with van der Waals surface area (Å²) >= 11 is 0. The van der Waals surface area contributed by atoms with E-state index in [2.05, 4.69) is 15.6 Å². The number of halogens is 2. The average molecular weight is 443 g/mol. The Kier molecular flexibility index (Phi) is 10.3. The van der Waals surface area contributed by atoms with E-state index in [9.17, 15) is 12.8 Å². The van der Waals surface area contributed by atoms with Crippen LogP contribution in [0, 0.1) is 5.82 Å². The molecule has 0 atom stereocenters. The molecule has 22 heavy (non-hydrogen) atoms. The zero-order valence-corrected chi connectivity index (χ0v) is 15.9. The van der Waals surface area contributed by atoms with Gasteiger partial charge in [-0.05, 0) is 19.4 Å². The van der Waals surface area contributed by atoms with Gasteiger partial charge >= 0.3 is 0 Å². The monoisotopic (exact) mass is 443 g/mol. The van der Waals surface area contributed by atoms with Crippen molar-refractivity contribution in [2.24, 2.45) is 4.99 Å². The third-order valence-corrected chi connectivity index (χ3v) is 3.72. The molecule has 0 saturated carbocycles. The lowest BCUT2D eigenvalue weighted by molar-refractivity contribution is 0.598. The van der Waals surface area contributed by atoms with E-state index < -0.39 is 9.84 Å². The maximum absolute atomic E-state index is 13.5. The zero-order valence-electron chi connectivity index (χ0n) is 12.8. The smallest absolute Gasteiger partial charge is 0.191 e. The minimum Gasteiger partial charge on any atom is -0.357 e. The van der Waals surface area contributed by atoms with Crippen LogP contribution in [0.4, 0.5) is 4.39 Å². The van der Waals surface area contributed by atoms with Crippen LogP contribution in [-0.2, 0) is 16.4 Å². The van der Waals surface area contributed by atoms with Gasteiger partial charge in [0.2, 0.25) is 0 Å². The molecule has 0 amide bonds. The lowest BCUT2D eigenvalue weighted by atomic mass is 10.2. The molecule has 0 aliphatic carbocycles. The Morgan fingerprint density at radius 1 is 1.27 bits per heavy atom. The van der Waals surface area contributed by atoms with Gasteiger partial charge < -0.3 is 10.6 Å². The Bertz CT molecular complexity index is 579. The molecule has 0 unspecified atom stereocenters. The van der Waals surface area contributed by atoms with Gasteiger partial charge in [0.1, 0.15) is 15.7 Å². The van der Waals surface area contributed by atoms with E-state index >= 15 is 0 Å². The first-order chi connectivity index (χ1) is 9.92. The van der Waals surface area contributed by atoms with Crippen LogP contribution in [0.1, 0.15) is 18.9 Å². The molecule has 0 heterocycles. The molecule has 8 heteroatoms. The standard InChI is InChI=1S/C14H22FN3O2S.HI/c1-3-16-14(17-9-6-10-21(2,19)20)18-11-12-7-4-5-8-13(12)15;/h4-5,7-8H,3,6,9-11H2,1-2H3,(H2,16,17,18);1H. The molecule has 1 aromatic carbocycles. The summed E-state index contributed by atoms with van der Waals surface area (Å²) in [5, 5.41) is 6.07. The van der Waals surface area contributed by atoms with Crippen LogP contribution in [0.25, 0.3) is 0 Å². The molecule has 2 N–H and O–H groups in total. The van der Waals surface area contributed by atoms with Crippen molar-refractivity contribution in [1.29, 1.82) is 0 Å². The Hall–Kier alpha value is -0.900. The summed E-state index contributed by atoms with van der Waals surface area (Å²) in [4.78, 5) is 4.28. The summed E-state index contributed by atoms with van der Waals surface area (Å²) in [7, 11) is -2.95. The van der Waals surface area contributed by atoms with Crippen molar-refractivity contribution in [1.82, 2.24) is 10.6 Å². The normalized spacial score (nSPS) is 11.7. The van der Waals surface area contributed by atoms with Crippen LogP contribution in [0.15, 0.2) is 29.3 Å². The van der Waals surface area contributed by atoms with Gasteiger partial charge in [-0.25, -0.2) is 17.8 Å². The number of nitrogens with one attached hydrogen (secondary N) is 2. The van der Waals surface area contributed by atoms with Crippen LogP contribution in [-0.4, -0.2) is 39.5 Å². The fourth-order valence-corrected chi connectivity index (χ4v) is 2.34. The van der Waals surface area contributed by atoms with E-state index in [4.69, 9.17) is 0 Å². The number of hydrogen-bond donors (Lipinski definition) is 2. The summed E-state index contributed by atoms with van der Waals surface area (Å²) < 4.78 is 35.6. The van der Waals surface area contributed by atoms with Crippen molar-refractivity contribution in [2.45, 2.75) is 19.9 Å². The summed E-state index contributed by atoms with van der Waals surface area (Å²) in [6.45, 7) is 3.33. The summed E-state index contributed by atoms with van der Waals surface area (Å²) in [6.07, 6.45) is 1.72. The first-order valence-electron chi connectivity index (χ1n) is 6.85. The van der Waals surface area contributed by atoms with Gasteiger partial charge in [0.25, 0.3) is 0 Å². The molecule has 0 saturated heterocycles. The number of aliphatic imine (C=N–C) groups is 1. The minimum absolute atomic E-state index is 0. The Balaban J connectivity index is 0.00000441. The molecular formula is C14H23FIN3O2S. The summed E-state index contributed by atoms with van der Waals surface area (Å²) in [5.74, 6) is 0.399. The van der Waals surface area contributed by atoms with Crippen molar-refractivity contribution in [2.75, 3.05) is 25.1 Å². The highest BCUT2D eigenvalue weighted by molar-refractivity contribution is 14.0. The van der Waals surface area contributed by atoms with Gasteiger partial charge in [0, 0.05) is 24.9 Å². The fraction of sp³-hybridized carbons (Fsp3) is 0.500. The van der Waals surface area contributed by atoms with Crippen molar-refractivity contribution < 1.29 is 12.8 Å². The highest BCUT2D eigenvalue weighted by Crippen LogP contribution is 2.07. The summed E-state index contributed by atoms with van der Waals surface area (Å²) in [6, 6.07) is 6.49. The molecular weight excluding hydrogens is 420 g/mol. The van der Waals surface area contributed by atoms with E-state index in [0.717, 1.165) is 0 Å². The van der Waals surface area contributed by atoms with E-state index in [1.165, 1.54) is 12.3 Å². The van der Waals surface area contributed by atoms with Gasteiger partial charge in [0.05, 0.1) is 12.3 Å². The Morgan fingerprint density at radius 2 is 1.95 bits per heavy atom. The van der Waals surface area contributed by atoms with Crippen LogP contribution < -0.4 is 10.6 Å². The zero-order chi connectivity index (χ0) is 15.7. The van der Waals surface area contributed by atoms with E-state index in [1.807, 2.05) is 6.92 Å². The minimum atomic E-state index is -2.95. The van der Waals surface area contributed by atoms with Gasteiger partial charge in [-0.2, -0.15) is 0 Å². The van der Waals surface area contributed by atoms with Crippen molar-refractivity contribution >= 4 is 39.8 Å². The first-order valence-corrected chi connectivity index (χ1v) is 8.91. The highest BCUT2D eigenvalue weighted by Gasteiger charge is 2.03. The fourth-order valence-electron chi connectivity index (χ4n) is 1.67. The predicted molar refractivity (Wildman–Crippen MR) is 99.0 cm³/mol. The van der Waals surface area contributed by atoms with E-state index in [1.54, 1.807) is 18.2 Å². The molecule has 1 rings (SSSR count). The summed E-state index contributed by atoms with van der Waals surface area (Å²) in [5.41, 5.74) is 0.519. The number of benzene rings is 1. The quantitative estimate of drug-likeness (QED) is 0.293. The van der Waals surface area contributed by atoms with E-state index in [0.29, 0.717) is 31.0 Å². The van der Waals surface area contributed by atoms with Gasteiger partial charge in [-0.1, -0.05) is 18.2 Å². The third kappa shape index (κ3) is 9.19. The van der Waals surface area contributed by atoms with Crippen LogP contribution in [0.5, 0.6) is 0 Å². The van der Waals surface area contributed by atoms with Gasteiger partial charge in [-0.15, -0.1) is 24.0 Å². The van der Waals surface area contributed by atoms with Gasteiger partial charge in [-0.3, -0.25) is 0 Å². The molecule has 5 nitrogen and oxygen atoms in total. The first kappa shape index (κ1) is 21.1. The topological polar surface area (TPSA) is 70.6 Å². The van der Waals surface area contributed by atoms with Crippen molar-refractivity contribution in [3.05, 3.63) is 35.6 Å². The van der Waals surface area contributed by atoms with E-state index in [-0.39, 0.29) is 42.1 Å². The van der Waals surface area contributed by atoms with Gasteiger partial charge in [0.15, 0.2) is 5.96 Å². The number of guanidine groups is 1. The van der Waals surface area contributed by atoms with Crippen LogP contribution >= 0.6 is 24.0 Å². The second-order valence-electron chi connectivity index (χ2n) is 4.70. The molecule has 0 bridgehead atoms. The highest BCUT2D eigenvalue weighted by atomic mass is 127. The largest absolute Gasteiger partial charge is 0.357 e. The molecule has 0 radical (unpaired) electrons. The van der Waals surface area contributed by atoms with Crippen LogP contribution in [0.3, 0.4) is 0 Å². The second-order valence-corrected chi connectivity index (χ2v) is 6.96. The molecule has 1 aromatic rings. The van der Waals surface area contributed by atoms with Crippen LogP contribution in [0.2, 0.25) is 0 Å². The van der Waals surface area contributed by atoms with Crippen molar-refractivity contribution in [3.63, 3.8) is 0 Å². The predicted octanol–water partition coefficient (Wildman–Crippen LogP) is 1.93. The Morgan fingerprint density at radius 3 is 2.55 bits per heavy atom. The molecule has 0 spiro atoms. The number of hydrogen-bond acceptors (Lipinski definition) is 3. The molecule has 0 fully saturated rings. The number of nitrogens with zero attached hydrogens (tertiary/aromatic N) is 1. The Labute approximate surface area is 148 Å². The maximum Gasteiger partial charge on any atom is 0.191 e. The SMILES string of the molecule is CCNC(=NCc1ccccc1F)NCCCS(C)(=O)=O.I. The molecule has 126 valence electrons. The second kappa shape index (κ2) is 10.8.